The fourth-order valence-corrected chi connectivity index (χ4v) is 1.60. The van der Waals surface area contributed by atoms with Crippen LogP contribution in [0.15, 0.2) is 36.7 Å². The summed E-state index contributed by atoms with van der Waals surface area (Å²) >= 11 is 0. The monoisotopic (exact) mass is 258 g/mol. The number of anilines is 1. The van der Waals surface area contributed by atoms with E-state index in [0.717, 1.165) is 5.56 Å². The molecule has 0 aliphatic carbocycles. The number of hydrogen-bond acceptors (Lipinski definition) is 5. The average molecular weight is 258 g/mol. The Bertz CT molecular complexity index is 572. The molecule has 19 heavy (non-hydrogen) atoms. The molecule has 0 bridgehead atoms. The lowest BCUT2D eigenvalue weighted by atomic mass is 10.2. The summed E-state index contributed by atoms with van der Waals surface area (Å²) in [5, 5.41) is 10.0. The molecule has 0 radical (unpaired) electrons. The molecule has 0 aliphatic rings. The molecule has 0 aliphatic heterocycles. The van der Waals surface area contributed by atoms with Crippen LogP contribution in [0.4, 0.5) is 5.69 Å². The van der Waals surface area contributed by atoms with Crippen LogP contribution in [0.1, 0.15) is 15.9 Å². The predicted octanol–water partition coefficient (Wildman–Crippen LogP) is 0.997. The van der Waals surface area contributed by atoms with Crippen LogP contribution in [0, 0.1) is 0 Å². The Hall–Kier alpha value is -2.63. The van der Waals surface area contributed by atoms with Crippen molar-refractivity contribution in [3.63, 3.8) is 0 Å². The van der Waals surface area contributed by atoms with Gasteiger partial charge in [-0.25, -0.2) is 0 Å². The number of amides is 1. The van der Waals surface area contributed by atoms with E-state index in [4.69, 9.17) is 10.5 Å². The van der Waals surface area contributed by atoms with Gasteiger partial charge < -0.3 is 15.8 Å². The Balaban J connectivity index is 1.99. The van der Waals surface area contributed by atoms with Crippen molar-refractivity contribution in [1.82, 2.24) is 15.5 Å². The molecule has 98 valence electrons. The molecule has 1 aromatic carbocycles. The van der Waals surface area contributed by atoms with Crippen molar-refractivity contribution in [3.8, 4) is 5.75 Å². The van der Waals surface area contributed by atoms with Gasteiger partial charge in [0.25, 0.3) is 5.91 Å². The highest BCUT2D eigenvalue weighted by molar-refractivity contribution is 5.93. The first-order valence-corrected chi connectivity index (χ1v) is 5.68. The van der Waals surface area contributed by atoms with Gasteiger partial charge in [-0.15, -0.1) is 0 Å². The van der Waals surface area contributed by atoms with E-state index in [1.807, 2.05) is 6.07 Å². The molecule has 1 aromatic heterocycles. The maximum atomic E-state index is 11.8. The normalized spacial score (nSPS) is 9.95. The lowest BCUT2D eigenvalue weighted by Gasteiger charge is -2.08. The minimum Gasteiger partial charge on any atom is -0.495 e. The fraction of sp³-hybridized carbons (Fsp3) is 0.154. The van der Waals surface area contributed by atoms with E-state index in [2.05, 4.69) is 15.5 Å². The molecule has 0 spiro atoms. The summed E-state index contributed by atoms with van der Waals surface area (Å²) in [5.41, 5.74) is 7.70. The zero-order chi connectivity index (χ0) is 13.7. The van der Waals surface area contributed by atoms with Gasteiger partial charge in [0.2, 0.25) is 0 Å². The standard InChI is InChI=1S/C13H14N4O2/c1-19-12-3-2-9(6-11(12)14)7-15-13(18)10-4-5-16-17-8-10/h2-6,8H,7,14H2,1H3,(H,15,18). The summed E-state index contributed by atoms with van der Waals surface area (Å²) in [5.74, 6) is 0.415. The van der Waals surface area contributed by atoms with Crippen molar-refractivity contribution >= 4 is 11.6 Å². The number of nitrogens with two attached hydrogens (primary N) is 1. The number of methoxy groups -OCH3 is 1. The van der Waals surface area contributed by atoms with Crippen LogP contribution >= 0.6 is 0 Å². The van der Waals surface area contributed by atoms with E-state index in [9.17, 15) is 4.79 Å². The van der Waals surface area contributed by atoms with Gasteiger partial charge >= 0.3 is 0 Å². The number of nitrogens with one attached hydrogen (secondary N) is 1. The van der Waals surface area contributed by atoms with E-state index in [-0.39, 0.29) is 5.91 Å². The van der Waals surface area contributed by atoms with E-state index in [0.29, 0.717) is 23.5 Å². The number of carbonyl (C=O) groups is 1. The van der Waals surface area contributed by atoms with Crippen LogP contribution in [-0.2, 0) is 6.54 Å². The maximum Gasteiger partial charge on any atom is 0.253 e. The Morgan fingerprint density at radius 3 is 2.84 bits per heavy atom. The van der Waals surface area contributed by atoms with Crippen LogP contribution in [0.3, 0.4) is 0 Å². The van der Waals surface area contributed by atoms with Gasteiger partial charge in [-0.2, -0.15) is 10.2 Å². The second-order valence-electron chi connectivity index (χ2n) is 3.89. The zero-order valence-corrected chi connectivity index (χ0v) is 10.5. The van der Waals surface area contributed by atoms with Crippen molar-refractivity contribution in [2.24, 2.45) is 0 Å². The molecule has 1 heterocycles. The lowest BCUT2D eigenvalue weighted by molar-refractivity contribution is 0.0950. The summed E-state index contributed by atoms with van der Waals surface area (Å²) in [7, 11) is 1.56. The van der Waals surface area contributed by atoms with Crippen LogP contribution < -0.4 is 15.8 Å². The molecule has 1 amide bonds. The number of rotatable bonds is 4. The van der Waals surface area contributed by atoms with E-state index >= 15 is 0 Å². The molecule has 3 N–H and O–H groups in total. The minimum absolute atomic E-state index is 0.204. The first-order valence-electron chi connectivity index (χ1n) is 5.68. The molecule has 6 nitrogen and oxygen atoms in total. The third-order valence-corrected chi connectivity index (χ3v) is 2.59. The quantitative estimate of drug-likeness (QED) is 0.798. The highest BCUT2D eigenvalue weighted by atomic mass is 16.5. The van der Waals surface area contributed by atoms with Crippen molar-refractivity contribution in [1.29, 1.82) is 0 Å². The highest BCUT2D eigenvalue weighted by Gasteiger charge is 2.06. The summed E-state index contributed by atoms with van der Waals surface area (Å²) in [6.07, 6.45) is 2.89. The number of aromatic nitrogens is 2. The van der Waals surface area contributed by atoms with Crippen LogP contribution in [-0.4, -0.2) is 23.2 Å². The average Bonchev–Trinajstić information content (AvgIpc) is 2.46. The van der Waals surface area contributed by atoms with Gasteiger partial charge in [-0.3, -0.25) is 4.79 Å². The van der Waals surface area contributed by atoms with E-state index in [1.165, 1.54) is 12.4 Å². The van der Waals surface area contributed by atoms with Gasteiger partial charge in [-0.05, 0) is 23.8 Å². The topological polar surface area (TPSA) is 90.1 Å². The second kappa shape index (κ2) is 5.81. The molecule has 6 heteroatoms. The first-order chi connectivity index (χ1) is 9.20. The number of carbonyl (C=O) groups excluding carboxylic acids is 1. The summed E-state index contributed by atoms with van der Waals surface area (Å²) in [6.45, 7) is 0.384. The van der Waals surface area contributed by atoms with Gasteiger partial charge in [-0.1, -0.05) is 6.07 Å². The fourth-order valence-electron chi connectivity index (χ4n) is 1.60. The van der Waals surface area contributed by atoms with Crippen molar-refractivity contribution < 1.29 is 9.53 Å². The molecular formula is C13H14N4O2. The molecule has 2 aromatic rings. The second-order valence-corrected chi connectivity index (χ2v) is 3.89. The minimum atomic E-state index is -0.204. The van der Waals surface area contributed by atoms with Crippen molar-refractivity contribution in [2.45, 2.75) is 6.54 Å². The maximum absolute atomic E-state index is 11.8. The molecule has 0 saturated heterocycles. The first kappa shape index (κ1) is 12.8. The molecule has 0 saturated carbocycles. The smallest absolute Gasteiger partial charge is 0.253 e. The van der Waals surface area contributed by atoms with Gasteiger partial charge in [0.1, 0.15) is 5.75 Å². The number of nitrogens with zero attached hydrogens (tertiary/aromatic N) is 2. The zero-order valence-electron chi connectivity index (χ0n) is 10.5. The molecular weight excluding hydrogens is 244 g/mol. The van der Waals surface area contributed by atoms with E-state index < -0.39 is 0 Å². The largest absolute Gasteiger partial charge is 0.495 e. The molecule has 0 fully saturated rings. The Kier molecular flexibility index (Phi) is 3.92. The predicted molar refractivity (Wildman–Crippen MR) is 70.6 cm³/mol. The number of nitrogen functional groups attached to an aromatic ring is 1. The third kappa shape index (κ3) is 3.19. The number of hydrogen-bond donors (Lipinski definition) is 2. The number of benzene rings is 1. The Morgan fingerprint density at radius 2 is 2.21 bits per heavy atom. The van der Waals surface area contributed by atoms with E-state index in [1.54, 1.807) is 25.3 Å². The lowest BCUT2D eigenvalue weighted by Crippen LogP contribution is -2.23. The summed E-state index contributed by atoms with van der Waals surface area (Å²) in [4.78, 5) is 11.8. The van der Waals surface area contributed by atoms with Crippen molar-refractivity contribution in [3.05, 3.63) is 47.8 Å². The highest BCUT2D eigenvalue weighted by Crippen LogP contribution is 2.21. The molecule has 2 rings (SSSR count). The number of ether oxygens (including phenoxy) is 1. The summed E-state index contributed by atoms with van der Waals surface area (Å²) < 4.78 is 5.07. The Morgan fingerprint density at radius 1 is 1.37 bits per heavy atom. The van der Waals surface area contributed by atoms with Crippen LogP contribution in [0.25, 0.3) is 0 Å². The molecule has 0 unspecified atom stereocenters. The van der Waals surface area contributed by atoms with Gasteiger partial charge in [0, 0.05) is 6.54 Å². The third-order valence-electron chi connectivity index (χ3n) is 2.59. The van der Waals surface area contributed by atoms with Gasteiger partial charge in [0.15, 0.2) is 0 Å². The van der Waals surface area contributed by atoms with Crippen LogP contribution in [0.5, 0.6) is 5.75 Å². The summed E-state index contributed by atoms with van der Waals surface area (Å²) in [6, 6.07) is 6.99. The molecule has 0 atom stereocenters. The SMILES string of the molecule is COc1ccc(CNC(=O)c2ccnnc2)cc1N. The van der Waals surface area contributed by atoms with Crippen molar-refractivity contribution in [2.75, 3.05) is 12.8 Å². The Labute approximate surface area is 110 Å². The van der Waals surface area contributed by atoms with Gasteiger partial charge in [0.05, 0.1) is 30.8 Å². The van der Waals surface area contributed by atoms with Crippen LogP contribution in [0.2, 0.25) is 0 Å².